The molecule has 0 saturated carbocycles. The van der Waals surface area contributed by atoms with E-state index in [1.54, 1.807) is 37.3 Å². The maximum Gasteiger partial charge on any atom is 0.306 e. The van der Waals surface area contributed by atoms with E-state index in [9.17, 15) is 22.4 Å². The highest BCUT2D eigenvalue weighted by Gasteiger charge is 2.30. The Bertz CT molecular complexity index is 1130. The number of carbonyl (C=O) groups excluding carboxylic acids is 2. The van der Waals surface area contributed by atoms with Gasteiger partial charge in [-0.15, -0.1) is 0 Å². The van der Waals surface area contributed by atoms with Crippen molar-refractivity contribution in [2.75, 3.05) is 6.54 Å². The molecule has 1 amide bonds. The summed E-state index contributed by atoms with van der Waals surface area (Å²) in [6, 6.07) is 11.9. The van der Waals surface area contributed by atoms with Gasteiger partial charge in [0.25, 0.3) is 15.9 Å². The summed E-state index contributed by atoms with van der Waals surface area (Å²) in [4.78, 5) is 28.7. The van der Waals surface area contributed by atoms with Crippen molar-refractivity contribution in [1.29, 1.82) is 0 Å². The molecular formula is C22H24FN3O5S. The third kappa shape index (κ3) is 5.70. The van der Waals surface area contributed by atoms with E-state index in [1.165, 1.54) is 25.1 Å². The number of carbonyl (C=O) groups is 2. The first-order valence-electron chi connectivity index (χ1n) is 10.1. The minimum Gasteiger partial charge on any atom is -0.453 e. The zero-order valence-corrected chi connectivity index (χ0v) is 18.5. The number of rotatable bonds is 8. The number of amidine groups is 1. The molecule has 8 nitrogen and oxygen atoms in total. The molecule has 2 unspecified atom stereocenters. The molecule has 1 heterocycles. The number of halogens is 1. The fourth-order valence-corrected chi connectivity index (χ4v) is 4.39. The van der Waals surface area contributed by atoms with Gasteiger partial charge >= 0.3 is 5.97 Å². The van der Waals surface area contributed by atoms with Gasteiger partial charge in [-0.05, 0) is 50.1 Å². The summed E-state index contributed by atoms with van der Waals surface area (Å²) in [6.45, 7) is 3.42. The number of esters is 1. The monoisotopic (exact) mass is 461 g/mol. The predicted octanol–water partition coefficient (Wildman–Crippen LogP) is 2.45. The van der Waals surface area contributed by atoms with Crippen molar-refractivity contribution < 1.29 is 27.1 Å². The van der Waals surface area contributed by atoms with Crippen LogP contribution in [-0.2, 0) is 24.3 Å². The minimum atomic E-state index is -3.60. The summed E-state index contributed by atoms with van der Waals surface area (Å²) in [5.41, 5.74) is 1.22. The average Bonchev–Trinajstić information content (AvgIpc) is 3.02. The third-order valence-corrected chi connectivity index (χ3v) is 6.27. The van der Waals surface area contributed by atoms with E-state index >= 15 is 0 Å². The van der Waals surface area contributed by atoms with Crippen molar-refractivity contribution >= 4 is 27.7 Å². The smallest absolute Gasteiger partial charge is 0.306 e. The molecule has 3 rings (SSSR count). The van der Waals surface area contributed by atoms with E-state index in [4.69, 9.17) is 4.74 Å². The molecule has 2 aromatic rings. The highest BCUT2D eigenvalue weighted by Crippen LogP contribution is 2.22. The number of fused-ring (bicyclic) bond motifs is 1. The highest BCUT2D eigenvalue weighted by molar-refractivity contribution is 7.90. The lowest BCUT2D eigenvalue weighted by atomic mass is 10.1. The summed E-state index contributed by atoms with van der Waals surface area (Å²) in [5.74, 6) is -1.15. The van der Waals surface area contributed by atoms with Gasteiger partial charge in [-0.1, -0.05) is 24.3 Å². The lowest BCUT2D eigenvalue weighted by molar-refractivity contribution is -0.155. The van der Waals surface area contributed by atoms with Crippen LogP contribution in [0.15, 0.2) is 58.4 Å². The van der Waals surface area contributed by atoms with Crippen LogP contribution >= 0.6 is 0 Å². The molecule has 32 heavy (non-hydrogen) atoms. The van der Waals surface area contributed by atoms with Gasteiger partial charge in [-0.3, -0.25) is 19.3 Å². The Hall–Kier alpha value is -3.27. The number of hydrogen-bond donors (Lipinski definition) is 2. The number of amides is 1. The molecule has 0 aromatic heterocycles. The highest BCUT2D eigenvalue weighted by atomic mass is 32.2. The topological polar surface area (TPSA) is 114 Å². The molecule has 0 bridgehead atoms. The number of sulfonamides is 1. The van der Waals surface area contributed by atoms with E-state index in [2.05, 4.69) is 15.0 Å². The van der Waals surface area contributed by atoms with Crippen LogP contribution in [0.3, 0.4) is 0 Å². The van der Waals surface area contributed by atoms with Crippen LogP contribution in [0.2, 0.25) is 0 Å². The number of nitrogens with zero attached hydrogens (tertiary/aromatic N) is 1. The van der Waals surface area contributed by atoms with Crippen molar-refractivity contribution in [1.82, 2.24) is 10.0 Å². The standard InChI is InChI=1S/C22H24FN3O5S/c1-14(16-9-11-17(23)12-10-16)25-22(28)15(2)31-20(27)8-5-13-24-21-18-6-3-4-7-19(18)32(29,30)26-21/h3-4,6-7,9-12,14-15H,5,8,13H2,1-2H3,(H,24,26)(H,25,28). The van der Waals surface area contributed by atoms with Crippen molar-refractivity contribution in [2.45, 2.75) is 43.7 Å². The Morgan fingerprint density at radius 2 is 1.81 bits per heavy atom. The van der Waals surface area contributed by atoms with Crippen molar-refractivity contribution in [3.63, 3.8) is 0 Å². The van der Waals surface area contributed by atoms with Crippen LogP contribution in [0, 0.1) is 5.82 Å². The number of nitrogens with one attached hydrogen (secondary N) is 2. The SMILES string of the molecule is CC(OC(=O)CCCN=C1NS(=O)(=O)c2ccccc21)C(=O)NC(C)c1ccc(F)cc1. The second-order valence-corrected chi connectivity index (χ2v) is 9.00. The minimum absolute atomic E-state index is 0.0241. The molecule has 2 aromatic carbocycles. The maximum absolute atomic E-state index is 13.0. The van der Waals surface area contributed by atoms with E-state index in [0.29, 0.717) is 12.0 Å². The number of aliphatic imine (C=N–C) groups is 1. The van der Waals surface area contributed by atoms with Gasteiger partial charge in [0.05, 0.1) is 10.9 Å². The molecule has 1 aliphatic heterocycles. The van der Waals surface area contributed by atoms with Crippen LogP contribution < -0.4 is 10.0 Å². The van der Waals surface area contributed by atoms with Gasteiger partial charge in [0.1, 0.15) is 11.7 Å². The Kier molecular flexibility index (Phi) is 7.24. The Morgan fingerprint density at radius 3 is 2.53 bits per heavy atom. The fraction of sp³-hybridized carbons (Fsp3) is 0.318. The van der Waals surface area contributed by atoms with E-state index in [0.717, 1.165) is 5.56 Å². The van der Waals surface area contributed by atoms with Gasteiger partial charge in [0.15, 0.2) is 6.10 Å². The largest absolute Gasteiger partial charge is 0.453 e. The first-order valence-corrected chi connectivity index (χ1v) is 11.6. The first-order chi connectivity index (χ1) is 15.2. The van der Waals surface area contributed by atoms with Crippen molar-refractivity contribution in [2.24, 2.45) is 4.99 Å². The number of ether oxygens (including phenoxy) is 1. The van der Waals surface area contributed by atoms with E-state index in [-0.39, 0.29) is 35.6 Å². The zero-order chi connectivity index (χ0) is 23.3. The normalized spacial score (nSPS) is 17.2. The summed E-state index contributed by atoms with van der Waals surface area (Å²) >= 11 is 0. The molecule has 1 aliphatic rings. The molecule has 0 aliphatic carbocycles. The van der Waals surface area contributed by atoms with E-state index in [1.807, 2.05) is 0 Å². The fourth-order valence-electron chi connectivity index (χ4n) is 3.14. The summed E-state index contributed by atoms with van der Waals surface area (Å²) in [6.07, 6.45) is -0.645. The summed E-state index contributed by atoms with van der Waals surface area (Å²) in [5, 5.41) is 2.72. The summed E-state index contributed by atoms with van der Waals surface area (Å²) in [7, 11) is -3.60. The quantitative estimate of drug-likeness (QED) is 0.463. The molecule has 10 heteroatoms. The molecule has 0 saturated heterocycles. The molecule has 0 fully saturated rings. The van der Waals surface area contributed by atoms with Crippen LogP contribution in [0.25, 0.3) is 0 Å². The van der Waals surface area contributed by atoms with Crippen LogP contribution in [0.4, 0.5) is 4.39 Å². The summed E-state index contributed by atoms with van der Waals surface area (Å²) < 4.78 is 44.7. The molecule has 2 atom stereocenters. The van der Waals surface area contributed by atoms with Crippen molar-refractivity contribution in [3.8, 4) is 0 Å². The van der Waals surface area contributed by atoms with Gasteiger partial charge in [-0.2, -0.15) is 0 Å². The van der Waals surface area contributed by atoms with Crippen molar-refractivity contribution in [3.05, 3.63) is 65.5 Å². The zero-order valence-electron chi connectivity index (χ0n) is 17.7. The third-order valence-electron chi connectivity index (χ3n) is 4.88. The van der Waals surface area contributed by atoms with Gasteiger partial charge < -0.3 is 10.1 Å². The van der Waals surface area contributed by atoms with Crippen LogP contribution in [-0.4, -0.2) is 38.8 Å². The molecule has 0 spiro atoms. The number of benzene rings is 2. The lowest BCUT2D eigenvalue weighted by Gasteiger charge is -2.18. The first kappa shape index (κ1) is 23.4. The molecule has 0 radical (unpaired) electrons. The van der Waals surface area contributed by atoms with Gasteiger partial charge in [0, 0.05) is 18.5 Å². The molecule has 170 valence electrons. The second kappa shape index (κ2) is 9.90. The predicted molar refractivity (Wildman–Crippen MR) is 116 cm³/mol. The Balaban J connectivity index is 1.44. The lowest BCUT2D eigenvalue weighted by Crippen LogP contribution is -2.37. The Morgan fingerprint density at radius 1 is 1.12 bits per heavy atom. The molecule has 2 N–H and O–H groups in total. The van der Waals surface area contributed by atoms with Crippen LogP contribution in [0.5, 0.6) is 0 Å². The van der Waals surface area contributed by atoms with Gasteiger partial charge in [-0.25, -0.2) is 12.8 Å². The Labute approximate surface area is 185 Å². The number of hydrogen-bond acceptors (Lipinski definition) is 6. The van der Waals surface area contributed by atoms with E-state index < -0.39 is 28.0 Å². The average molecular weight is 462 g/mol. The molecular weight excluding hydrogens is 437 g/mol. The van der Waals surface area contributed by atoms with Gasteiger partial charge in [0.2, 0.25) is 0 Å². The maximum atomic E-state index is 13.0. The van der Waals surface area contributed by atoms with Crippen LogP contribution in [0.1, 0.15) is 43.9 Å². The second-order valence-electron chi connectivity index (χ2n) is 7.35.